The molecule has 1 aromatic rings. The highest BCUT2D eigenvalue weighted by molar-refractivity contribution is 5.77. The second-order valence-corrected chi connectivity index (χ2v) is 6.58. The number of nitrogens with two attached hydrogens (primary N) is 1. The molecular weight excluding hydrogens is 274 g/mol. The Morgan fingerprint density at radius 1 is 1.09 bits per heavy atom. The lowest BCUT2D eigenvalue weighted by Gasteiger charge is -2.37. The Hall–Kier alpha value is -1.39. The lowest BCUT2D eigenvalue weighted by molar-refractivity contribution is -0.133. The second kappa shape index (κ2) is 7.25. The van der Waals surface area contributed by atoms with E-state index in [1.165, 1.54) is 25.9 Å². The Balaban J connectivity index is 1.47. The maximum Gasteiger partial charge on any atom is 0.224 e. The maximum atomic E-state index is 12.4. The fourth-order valence-electron chi connectivity index (χ4n) is 3.72. The first-order valence-electron chi connectivity index (χ1n) is 8.56. The molecule has 2 aliphatic rings. The van der Waals surface area contributed by atoms with Crippen LogP contribution in [0.5, 0.6) is 0 Å². The summed E-state index contributed by atoms with van der Waals surface area (Å²) in [6.45, 7) is 4.28. The standard InChI is InChI=1S/C18H27N3O/c19-17(15-6-2-1-3-7-15)14-18(22)21-12-8-16(9-13-21)20-10-4-5-11-20/h1-3,6-7,16-17H,4-5,8-14,19H2. The molecule has 1 unspecified atom stereocenters. The van der Waals surface area contributed by atoms with Crippen molar-refractivity contribution in [1.82, 2.24) is 9.80 Å². The number of amides is 1. The van der Waals surface area contributed by atoms with E-state index in [1.807, 2.05) is 35.2 Å². The average molecular weight is 301 g/mol. The summed E-state index contributed by atoms with van der Waals surface area (Å²) in [5.74, 6) is 0.205. The molecule has 1 amide bonds. The normalized spacial score (nSPS) is 22.0. The first kappa shape index (κ1) is 15.5. The molecule has 0 bridgehead atoms. The highest BCUT2D eigenvalue weighted by Crippen LogP contribution is 2.22. The molecule has 2 heterocycles. The third-order valence-electron chi connectivity index (χ3n) is 5.10. The number of rotatable bonds is 4. The Morgan fingerprint density at radius 2 is 1.73 bits per heavy atom. The van der Waals surface area contributed by atoms with Gasteiger partial charge in [-0.3, -0.25) is 4.79 Å². The van der Waals surface area contributed by atoms with E-state index < -0.39 is 0 Å². The van der Waals surface area contributed by atoms with Crippen molar-refractivity contribution in [3.05, 3.63) is 35.9 Å². The molecule has 1 atom stereocenters. The number of carbonyl (C=O) groups excluding carboxylic acids is 1. The Morgan fingerprint density at radius 3 is 2.36 bits per heavy atom. The molecular formula is C18H27N3O. The van der Waals surface area contributed by atoms with E-state index in [1.54, 1.807) is 0 Å². The van der Waals surface area contributed by atoms with Gasteiger partial charge in [-0.1, -0.05) is 30.3 Å². The lowest BCUT2D eigenvalue weighted by atomic mass is 10.0. The van der Waals surface area contributed by atoms with Crippen LogP contribution in [0.15, 0.2) is 30.3 Å². The minimum atomic E-state index is -0.190. The van der Waals surface area contributed by atoms with E-state index in [4.69, 9.17) is 5.73 Å². The van der Waals surface area contributed by atoms with Gasteiger partial charge in [0.05, 0.1) is 0 Å². The van der Waals surface area contributed by atoms with Crippen LogP contribution in [-0.2, 0) is 4.79 Å². The molecule has 0 aromatic heterocycles. The molecule has 2 fully saturated rings. The first-order chi connectivity index (χ1) is 10.7. The van der Waals surface area contributed by atoms with Gasteiger partial charge in [0.2, 0.25) is 5.91 Å². The van der Waals surface area contributed by atoms with Crippen molar-refractivity contribution in [1.29, 1.82) is 0 Å². The first-order valence-corrected chi connectivity index (χ1v) is 8.56. The van der Waals surface area contributed by atoms with Gasteiger partial charge in [0.25, 0.3) is 0 Å². The number of likely N-dealkylation sites (tertiary alicyclic amines) is 2. The molecule has 2 N–H and O–H groups in total. The van der Waals surface area contributed by atoms with Crippen molar-refractivity contribution in [2.75, 3.05) is 26.2 Å². The van der Waals surface area contributed by atoms with Crippen molar-refractivity contribution in [3.8, 4) is 0 Å². The van der Waals surface area contributed by atoms with Crippen LogP contribution >= 0.6 is 0 Å². The Labute approximate surface area is 133 Å². The monoisotopic (exact) mass is 301 g/mol. The molecule has 0 radical (unpaired) electrons. The summed E-state index contributed by atoms with van der Waals surface area (Å²) in [6.07, 6.45) is 5.33. The van der Waals surface area contributed by atoms with E-state index in [-0.39, 0.29) is 11.9 Å². The van der Waals surface area contributed by atoms with Crippen molar-refractivity contribution < 1.29 is 4.79 Å². The SMILES string of the molecule is NC(CC(=O)N1CCC(N2CCCC2)CC1)c1ccccc1. The van der Waals surface area contributed by atoms with Gasteiger partial charge < -0.3 is 15.5 Å². The van der Waals surface area contributed by atoms with Crippen LogP contribution in [0.1, 0.15) is 43.7 Å². The van der Waals surface area contributed by atoms with E-state index in [2.05, 4.69) is 4.90 Å². The highest BCUT2D eigenvalue weighted by Gasteiger charge is 2.28. The van der Waals surface area contributed by atoms with Crippen molar-refractivity contribution >= 4 is 5.91 Å². The Bertz CT molecular complexity index is 476. The number of carbonyl (C=O) groups is 1. The summed E-state index contributed by atoms with van der Waals surface area (Å²) in [7, 11) is 0. The summed E-state index contributed by atoms with van der Waals surface area (Å²) in [4.78, 5) is 17.1. The summed E-state index contributed by atoms with van der Waals surface area (Å²) >= 11 is 0. The Kier molecular flexibility index (Phi) is 5.11. The maximum absolute atomic E-state index is 12.4. The molecule has 2 saturated heterocycles. The van der Waals surface area contributed by atoms with Crippen LogP contribution in [-0.4, -0.2) is 47.9 Å². The summed E-state index contributed by atoms with van der Waals surface area (Å²) in [5.41, 5.74) is 7.22. The van der Waals surface area contributed by atoms with Gasteiger partial charge in [0.1, 0.15) is 0 Å². The molecule has 0 saturated carbocycles. The zero-order valence-electron chi connectivity index (χ0n) is 13.3. The van der Waals surface area contributed by atoms with Gasteiger partial charge in [0, 0.05) is 31.6 Å². The van der Waals surface area contributed by atoms with E-state index >= 15 is 0 Å². The smallest absolute Gasteiger partial charge is 0.224 e. The predicted molar refractivity (Wildman–Crippen MR) is 88.4 cm³/mol. The van der Waals surface area contributed by atoms with Crippen molar-refractivity contribution in [2.24, 2.45) is 5.73 Å². The molecule has 3 rings (SSSR count). The lowest BCUT2D eigenvalue weighted by Crippen LogP contribution is -2.46. The number of hydrogen-bond acceptors (Lipinski definition) is 3. The van der Waals surface area contributed by atoms with Crippen molar-refractivity contribution in [3.63, 3.8) is 0 Å². The van der Waals surface area contributed by atoms with E-state index in [0.29, 0.717) is 12.5 Å². The van der Waals surface area contributed by atoms with Gasteiger partial charge >= 0.3 is 0 Å². The predicted octanol–water partition coefficient (Wildman–Crippen LogP) is 2.16. The molecule has 0 aliphatic carbocycles. The molecule has 22 heavy (non-hydrogen) atoms. The van der Waals surface area contributed by atoms with Crippen LogP contribution in [0.4, 0.5) is 0 Å². The summed E-state index contributed by atoms with van der Waals surface area (Å²) in [5, 5.41) is 0. The van der Waals surface area contributed by atoms with Gasteiger partial charge in [0.15, 0.2) is 0 Å². The highest BCUT2D eigenvalue weighted by atomic mass is 16.2. The average Bonchev–Trinajstić information content (AvgIpc) is 3.10. The molecule has 0 spiro atoms. The van der Waals surface area contributed by atoms with Crippen LogP contribution in [0, 0.1) is 0 Å². The van der Waals surface area contributed by atoms with E-state index in [0.717, 1.165) is 31.5 Å². The molecule has 4 nitrogen and oxygen atoms in total. The van der Waals surface area contributed by atoms with Crippen LogP contribution in [0.2, 0.25) is 0 Å². The third kappa shape index (κ3) is 3.68. The van der Waals surface area contributed by atoms with Gasteiger partial charge in [-0.15, -0.1) is 0 Å². The second-order valence-electron chi connectivity index (χ2n) is 6.58. The van der Waals surface area contributed by atoms with Crippen molar-refractivity contribution in [2.45, 2.75) is 44.2 Å². The number of piperidine rings is 1. The zero-order chi connectivity index (χ0) is 15.4. The van der Waals surface area contributed by atoms with Gasteiger partial charge in [-0.2, -0.15) is 0 Å². The van der Waals surface area contributed by atoms with Crippen LogP contribution < -0.4 is 5.73 Å². The minimum absolute atomic E-state index is 0.190. The minimum Gasteiger partial charge on any atom is -0.343 e. The number of hydrogen-bond donors (Lipinski definition) is 1. The number of benzene rings is 1. The number of nitrogens with zero attached hydrogens (tertiary/aromatic N) is 2. The topological polar surface area (TPSA) is 49.6 Å². The third-order valence-corrected chi connectivity index (χ3v) is 5.10. The van der Waals surface area contributed by atoms with E-state index in [9.17, 15) is 4.79 Å². The largest absolute Gasteiger partial charge is 0.343 e. The molecule has 120 valence electrons. The van der Waals surface area contributed by atoms with Gasteiger partial charge in [-0.25, -0.2) is 0 Å². The molecule has 4 heteroatoms. The van der Waals surface area contributed by atoms with Crippen LogP contribution in [0.25, 0.3) is 0 Å². The fourth-order valence-corrected chi connectivity index (χ4v) is 3.72. The van der Waals surface area contributed by atoms with Gasteiger partial charge in [-0.05, 0) is 44.3 Å². The molecule has 2 aliphatic heterocycles. The molecule has 1 aromatic carbocycles. The fraction of sp³-hybridized carbons (Fsp3) is 0.611. The summed E-state index contributed by atoms with van der Waals surface area (Å²) in [6, 6.07) is 10.4. The van der Waals surface area contributed by atoms with Crippen LogP contribution in [0.3, 0.4) is 0 Å². The summed E-state index contributed by atoms with van der Waals surface area (Å²) < 4.78 is 0. The zero-order valence-corrected chi connectivity index (χ0v) is 13.3. The quantitative estimate of drug-likeness (QED) is 0.927.